The molecule has 2 aromatic carbocycles. The van der Waals surface area contributed by atoms with Gasteiger partial charge in [-0.05, 0) is 57.6 Å². The summed E-state index contributed by atoms with van der Waals surface area (Å²) in [5, 5.41) is 0. The standard InChI is InChI=1S/C23H32/c1-9-17-15-19(23(6,7)8)11-13-21(17)20-12-10-18(14-16(20)2)22(3,4)5/h10-15H,9H2,1-8H3. The molecule has 0 atom stereocenters. The van der Waals surface area contributed by atoms with Gasteiger partial charge in [0.2, 0.25) is 0 Å². The third-order valence-electron chi connectivity index (χ3n) is 4.73. The molecule has 0 saturated carbocycles. The third kappa shape index (κ3) is 3.86. The van der Waals surface area contributed by atoms with E-state index in [1.54, 1.807) is 0 Å². The van der Waals surface area contributed by atoms with Crippen molar-refractivity contribution < 1.29 is 0 Å². The maximum Gasteiger partial charge on any atom is -0.0132 e. The van der Waals surface area contributed by atoms with Gasteiger partial charge in [-0.15, -0.1) is 0 Å². The Morgan fingerprint density at radius 3 is 1.61 bits per heavy atom. The Labute approximate surface area is 143 Å². The van der Waals surface area contributed by atoms with Crippen LogP contribution in [0.25, 0.3) is 11.1 Å². The molecular weight excluding hydrogens is 276 g/mol. The summed E-state index contributed by atoms with van der Waals surface area (Å²) in [5.41, 5.74) is 8.80. The fraction of sp³-hybridized carbons (Fsp3) is 0.478. The van der Waals surface area contributed by atoms with Gasteiger partial charge in [0.15, 0.2) is 0 Å². The minimum Gasteiger partial charge on any atom is -0.0613 e. The Kier molecular flexibility index (Phi) is 4.76. The molecule has 0 aliphatic rings. The fourth-order valence-corrected chi connectivity index (χ4v) is 3.05. The van der Waals surface area contributed by atoms with Crippen molar-refractivity contribution in [2.24, 2.45) is 0 Å². The van der Waals surface area contributed by atoms with Crippen LogP contribution in [0.1, 0.15) is 70.7 Å². The first-order chi connectivity index (χ1) is 10.5. The first-order valence-corrected chi connectivity index (χ1v) is 8.79. The van der Waals surface area contributed by atoms with Crippen molar-refractivity contribution >= 4 is 0 Å². The van der Waals surface area contributed by atoms with Crippen molar-refractivity contribution in [3.8, 4) is 11.1 Å². The molecule has 0 saturated heterocycles. The van der Waals surface area contributed by atoms with E-state index in [9.17, 15) is 0 Å². The second-order valence-corrected chi connectivity index (χ2v) is 8.76. The summed E-state index contributed by atoms with van der Waals surface area (Å²) >= 11 is 0. The summed E-state index contributed by atoms with van der Waals surface area (Å²) in [6.45, 7) is 18.2. The molecule has 0 aliphatic carbocycles. The maximum absolute atomic E-state index is 2.40. The fourth-order valence-electron chi connectivity index (χ4n) is 3.05. The Hall–Kier alpha value is -1.56. The minimum atomic E-state index is 0.201. The highest BCUT2D eigenvalue weighted by atomic mass is 14.2. The van der Waals surface area contributed by atoms with Crippen LogP contribution in [0.5, 0.6) is 0 Å². The molecule has 0 amide bonds. The molecule has 0 aliphatic heterocycles. The van der Waals surface area contributed by atoms with E-state index in [-0.39, 0.29) is 10.8 Å². The van der Waals surface area contributed by atoms with Crippen molar-refractivity contribution in [1.29, 1.82) is 0 Å². The monoisotopic (exact) mass is 308 g/mol. The molecule has 0 aromatic heterocycles. The molecule has 0 unspecified atom stereocenters. The predicted octanol–water partition coefficient (Wildman–Crippen LogP) is 6.82. The molecule has 0 heterocycles. The van der Waals surface area contributed by atoms with E-state index in [0.717, 1.165) is 6.42 Å². The average molecular weight is 309 g/mol. The highest BCUT2D eigenvalue weighted by Gasteiger charge is 2.18. The number of rotatable bonds is 2. The first kappa shape index (κ1) is 17.8. The van der Waals surface area contributed by atoms with Crippen LogP contribution in [-0.4, -0.2) is 0 Å². The van der Waals surface area contributed by atoms with Crippen molar-refractivity contribution in [3.63, 3.8) is 0 Å². The van der Waals surface area contributed by atoms with Crippen LogP contribution in [0, 0.1) is 6.92 Å². The highest BCUT2D eigenvalue weighted by molar-refractivity contribution is 5.71. The molecule has 0 radical (unpaired) electrons. The van der Waals surface area contributed by atoms with Gasteiger partial charge in [0, 0.05) is 0 Å². The SMILES string of the molecule is CCc1cc(C(C)(C)C)ccc1-c1ccc(C(C)(C)C)cc1C. The van der Waals surface area contributed by atoms with E-state index in [0.29, 0.717) is 0 Å². The lowest BCUT2D eigenvalue weighted by Gasteiger charge is -2.23. The quantitative estimate of drug-likeness (QED) is 0.571. The van der Waals surface area contributed by atoms with E-state index in [1.165, 1.54) is 33.4 Å². The normalized spacial score (nSPS) is 12.5. The molecular formula is C23H32. The van der Waals surface area contributed by atoms with Crippen molar-refractivity contribution in [2.75, 3.05) is 0 Å². The van der Waals surface area contributed by atoms with Crippen molar-refractivity contribution in [2.45, 2.75) is 72.6 Å². The minimum absolute atomic E-state index is 0.201. The Morgan fingerprint density at radius 1 is 0.696 bits per heavy atom. The van der Waals surface area contributed by atoms with Crippen LogP contribution in [0.15, 0.2) is 36.4 Å². The second kappa shape index (κ2) is 6.15. The predicted molar refractivity (Wildman–Crippen MR) is 103 cm³/mol. The Bertz CT molecular complexity index is 691. The van der Waals surface area contributed by atoms with Gasteiger partial charge >= 0.3 is 0 Å². The van der Waals surface area contributed by atoms with Crippen LogP contribution in [-0.2, 0) is 17.3 Å². The van der Waals surface area contributed by atoms with Gasteiger partial charge in [-0.25, -0.2) is 0 Å². The van der Waals surface area contributed by atoms with Gasteiger partial charge in [0.1, 0.15) is 0 Å². The van der Waals surface area contributed by atoms with E-state index in [2.05, 4.69) is 91.8 Å². The smallest absolute Gasteiger partial charge is 0.0132 e. The number of benzene rings is 2. The largest absolute Gasteiger partial charge is 0.0613 e. The lowest BCUT2D eigenvalue weighted by Crippen LogP contribution is -2.12. The maximum atomic E-state index is 2.40. The van der Waals surface area contributed by atoms with Gasteiger partial charge < -0.3 is 0 Å². The van der Waals surface area contributed by atoms with Gasteiger partial charge in [0.25, 0.3) is 0 Å². The van der Waals surface area contributed by atoms with Crippen molar-refractivity contribution in [1.82, 2.24) is 0 Å². The van der Waals surface area contributed by atoms with Gasteiger partial charge in [0.05, 0.1) is 0 Å². The molecule has 0 fully saturated rings. The van der Waals surface area contributed by atoms with Gasteiger partial charge in [-0.1, -0.05) is 84.9 Å². The van der Waals surface area contributed by atoms with Crippen LogP contribution >= 0.6 is 0 Å². The van der Waals surface area contributed by atoms with Gasteiger partial charge in [-0.3, -0.25) is 0 Å². The highest BCUT2D eigenvalue weighted by Crippen LogP contribution is 2.34. The number of hydrogen-bond donors (Lipinski definition) is 0. The van der Waals surface area contributed by atoms with Crippen LogP contribution in [0.4, 0.5) is 0 Å². The van der Waals surface area contributed by atoms with E-state index in [4.69, 9.17) is 0 Å². The first-order valence-electron chi connectivity index (χ1n) is 8.79. The number of hydrogen-bond acceptors (Lipinski definition) is 0. The lowest BCUT2D eigenvalue weighted by molar-refractivity contribution is 0.589. The molecule has 23 heavy (non-hydrogen) atoms. The van der Waals surface area contributed by atoms with Gasteiger partial charge in [-0.2, -0.15) is 0 Å². The zero-order chi connectivity index (χ0) is 17.4. The summed E-state index contributed by atoms with van der Waals surface area (Å²) < 4.78 is 0. The summed E-state index contributed by atoms with van der Waals surface area (Å²) in [4.78, 5) is 0. The summed E-state index contributed by atoms with van der Waals surface area (Å²) in [7, 11) is 0. The molecule has 0 spiro atoms. The zero-order valence-corrected chi connectivity index (χ0v) is 16.2. The lowest BCUT2D eigenvalue weighted by atomic mass is 9.82. The number of aryl methyl sites for hydroxylation is 2. The molecule has 0 bridgehead atoms. The van der Waals surface area contributed by atoms with Crippen LogP contribution < -0.4 is 0 Å². The van der Waals surface area contributed by atoms with Crippen molar-refractivity contribution in [3.05, 3.63) is 58.7 Å². The average Bonchev–Trinajstić information content (AvgIpc) is 2.44. The summed E-state index contributed by atoms with van der Waals surface area (Å²) in [5.74, 6) is 0. The summed E-state index contributed by atoms with van der Waals surface area (Å²) in [6.07, 6.45) is 1.07. The molecule has 2 aromatic rings. The Morgan fingerprint density at radius 2 is 1.17 bits per heavy atom. The topological polar surface area (TPSA) is 0 Å². The second-order valence-electron chi connectivity index (χ2n) is 8.76. The van der Waals surface area contributed by atoms with E-state index >= 15 is 0 Å². The third-order valence-corrected chi connectivity index (χ3v) is 4.73. The zero-order valence-electron chi connectivity index (χ0n) is 16.2. The van der Waals surface area contributed by atoms with E-state index in [1.807, 2.05) is 0 Å². The Balaban J connectivity index is 2.54. The van der Waals surface area contributed by atoms with Crippen LogP contribution in [0.2, 0.25) is 0 Å². The molecule has 0 nitrogen and oxygen atoms in total. The van der Waals surface area contributed by atoms with Crippen LogP contribution in [0.3, 0.4) is 0 Å². The molecule has 2 rings (SSSR count). The summed E-state index contributed by atoms with van der Waals surface area (Å²) in [6, 6.07) is 14.0. The molecule has 124 valence electrons. The molecule has 0 N–H and O–H groups in total. The van der Waals surface area contributed by atoms with E-state index < -0.39 is 0 Å². The molecule has 0 heteroatoms.